The number of benzene rings is 8. The van der Waals surface area contributed by atoms with E-state index in [1.165, 1.54) is 23.7 Å². The van der Waals surface area contributed by atoms with Gasteiger partial charge in [-0.15, -0.1) is 0 Å². The SMILES string of the molecule is C1C2CC3CC1CC(C2)C3.OC(C(Br)Br)(C(Br)(Br)c1ccccc1)C(Oc1ccccc1)(C(c1ccccc1)(c1ccccc1)c1ccccc1)C(c1ccccc1)(c1ccccc1)c1ccccc1. The molecule has 0 amide bonds. The lowest BCUT2D eigenvalue weighted by atomic mass is 9.41. The molecule has 4 aliphatic rings. The molecule has 8 aromatic rings. The van der Waals surface area contributed by atoms with Gasteiger partial charge in [-0.1, -0.05) is 294 Å². The Labute approximate surface area is 448 Å². The van der Waals surface area contributed by atoms with Gasteiger partial charge in [0.1, 0.15) is 12.7 Å². The molecule has 4 bridgehead atoms. The van der Waals surface area contributed by atoms with Crippen molar-refractivity contribution in [3.8, 4) is 5.75 Å². The standard InChI is InChI=1S/C54H42Br4O2.C10H16/c55-49(56)52(59,53(57,58)47-37-21-7-22-38-47)54(60-48-39-23-8-24-40-48,50(41-25-9-1-10-26-41,42-27-11-2-12-28-42)43-29-13-3-14-30-43)51(44-31-15-4-16-32-44,45-33-17-5-18-34-45)46-35-19-6-20-36-46;1-7-2-9-4-8(1)5-10(3-7)6-9/h1-40,49,59H;7-10H,1-6H2. The molecule has 1 unspecified atom stereocenters. The van der Waals surface area contributed by atoms with Crippen molar-refractivity contribution in [1.82, 2.24) is 0 Å². The molecule has 0 radical (unpaired) electrons. The summed E-state index contributed by atoms with van der Waals surface area (Å²) in [5.41, 5.74) is -0.660. The van der Waals surface area contributed by atoms with Crippen LogP contribution in [0.1, 0.15) is 77.5 Å². The monoisotopic (exact) mass is 1170 g/mol. The van der Waals surface area contributed by atoms with Crippen molar-refractivity contribution in [2.24, 2.45) is 23.7 Å². The van der Waals surface area contributed by atoms with Crippen molar-refractivity contribution in [2.45, 2.75) is 67.5 Å². The average molecular weight is 1180 g/mol. The van der Waals surface area contributed by atoms with E-state index < -0.39 is 29.0 Å². The Balaban J connectivity index is 0.000000496. The molecule has 354 valence electrons. The summed E-state index contributed by atoms with van der Waals surface area (Å²) in [6, 6.07) is 83.0. The first kappa shape index (κ1) is 49.0. The van der Waals surface area contributed by atoms with Crippen LogP contribution in [-0.2, 0) is 14.1 Å². The zero-order chi connectivity index (χ0) is 48.2. The minimum absolute atomic E-state index is 0.555. The van der Waals surface area contributed by atoms with E-state index in [-0.39, 0.29) is 0 Å². The summed E-state index contributed by atoms with van der Waals surface area (Å²) in [7, 11) is 0. The van der Waals surface area contributed by atoms with Crippen molar-refractivity contribution >= 4 is 63.7 Å². The van der Waals surface area contributed by atoms with Crippen molar-refractivity contribution in [3.05, 3.63) is 282 Å². The van der Waals surface area contributed by atoms with Crippen LogP contribution in [0.15, 0.2) is 243 Å². The Morgan fingerprint density at radius 1 is 0.343 bits per heavy atom. The van der Waals surface area contributed by atoms with Gasteiger partial charge in [0.2, 0.25) is 0 Å². The number of alkyl halides is 4. The summed E-state index contributed by atoms with van der Waals surface area (Å²) < 4.78 is 6.06. The Morgan fingerprint density at radius 2 is 0.557 bits per heavy atom. The van der Waals surface area contributed by atoms with E-state index in [1.54, 1.807) is 38.5 Å². The largest absolute Gasteiger partial charge is 0.481 e. The molecule has 0 spiro atoms. The molecule has 6 heteroatoms. The van der Waals surface area contributed by atoms with Gasteiger partial charge in [0, 0.05) is 0 Å². The quantitative estimate of drug-likeness (QED) is 0.0869. The number of aliphatic hydroxyl groups is 1. The number of para-hydroxylation sites is 1. The molecule has 70 heavy (non-hydrogen) atoms. The maximum absolute atomic E-state index is 15.6. The Kier molecular flexibility index (Phi) is 14.6. The smallest absolute Gasteiger partial charge is 0.177 e. The van der Waals surface area contributed by atoms with Gasteiger partial charge in [-0.05, 0) is 113 Å². The third-order valence-corrected chi connectivity index (χ3v) is 19.2. The van der Waals surface area contributed by atoms with E-state index in [4.69, 9.17) is 4.74 Å². The maximum Gasteiger partial charge on any atom is 0.177 e. The van der Waals surface area contributed by atoms with Crippen LogP contribution in [-0.4, -0.2) is 20.0 Å². The highest BCUT2D eigenvalue weighted by molar-refractivity contribution is 9.25. The minimum Gasteiger partial charge on any atom is -0.481 e. The van der Waals surface area contributed by atoms with E-state index in [9.17, 15) is 0 Å². The lowest BCUT2D eigenvalue weighted by molar-refractivity contribution is -0.180. The van der Waals surface area contributed by atoms with Crippen molar-refractivity contribution in [1.29, 1.82) is 0 Å². The van der Waals surface area contributed by atoms with Crippen molar-refractivity contribution in [3.63, 3.8) is 0 Å². The highest BCUT2D eigenvalue weighted by atomic mass is 79.9. The predicted molar refractivity (Wildman–Crippen MR) is 302 cm³/mol. The van der Waals surface area contributed by atoms with Gasteiger partial charge in [-0.2, -0.15) is 0 Å². The molecule has 0 aromatic heterocycles. The second kappa shape index (κ2) is 20.9. The minimum atomic E-state index is -2.10. The molecule has 0 heterocycles. The average Bonchev–Trinajstić information content (AvgIpc) is 3.41. The van der Waals surface area contributed by atoms with E-state index >= 15 is 5.11 Å². The summed E-state index contributed by atoms with van der Waals surface area (Å²) in [6.07, 6.45) is 9.62. The zero-order valence-corrected chi connectivity index (χ0v) is 45.4. The fourth-order valence-corrected chi connectivity index (χ4v) is 17.6. The first-order valence-corrected chi connectivity index (χ1v) is 28.1. The summed E-state index contributed by atoms with van der Waals surface area (Å²) >= 11 is 16.9. The fraction of sp³-hybridized carbons (Fsp3) is 0.250. The summed E-state index contributed by atoms with van der Waals surface area (Å²) in [6.45, 7) is 0. The van der Waals surface area contributed by atoms with Crippen LogP contribution in [0.2, 0.25) is 0 Å². The Morgan fingerprint density at radius 3 is 0.786 bits per heavy atom. The zero-order valence-electron chi connectivity index (χ0n) is 39.1. The molecule has 4 aliphatic carbocycles. The Bertz CT molecular complexity index is 2510. The molecule has 2 nitrogen and oxygen atoms in total. The van der Waals surface area contributed by atoms with Crippen LogP contribution in [0.25, 0.3) is 0 Å². The first-order valence-electron chi connectivity index (χ1n) is 24.7. The van der Waals surface area contributed by atoms with Crippen molar-refractivity contribution in [2.75, 3.05) is 0 Å². The molecular formula is C64H58Br4O2. The van der Waals surface area contributed by atoms with Gasteiger partial charge in [0.25, 0.3) is 0 Å². The van der Waals surface area contributed by atoms with Gasteiger partial charge in [-0.25, -0.2) is 0 Å². The van der Waals surface area contributed by atoms with Gasteiger partial charge in [0.15, 0.2) is 11.2 Å². The highest BCUT2D eigenvalue weighted by Gasteiger charge is 2.82. The summed E-state index contributed by atoms with van der Waals surface area (Å²) in [4.78, 5) is 0. The highest BCUT2D eigenvalue weighted by Crippen LogP contribution is 2.71. The number of hydrogen-bond donors (Lipinski definition) is 1. The predicted octanol–water partition coefficient (Wildman–Crippen LogP) is 17.2. The van der Waals surface area contributed by atoms with Crippen LogP contribution in [0.5, 0.6) is 5.75 Å². The van der Waals surface area contributed by atoms with E-state index in [1.807, 2.05) is 97.1 Å². The number of hydrogen-bond acceptors (Lipinski definition) is 2. The summed E-state index contributed by atoms with van der Waals surface area (Å²) in [5.74, 6) is 5.26. The Hall–Kier alpha value is -4.56. The van der Waals surface area contributed by atoms with Crippen LogP contribution >= 0.6 is 63.7 Å². The van der Waals surface area contributed by atoms with Crippen LogP contribution in [0.3, 0.4) is 0 Å². The number of halogens is 4. The molecule has 0 saturated heterocycles. The third-order valence-electron chi connectivity index (χ3n) is 15.8. The van der Waals surface area contributed by atoms with Gasteiger partial charge in [-0.3, -0.25) is 0 Å². The summed E-state index contributed by atoms with van der Waals surface area (Å²) in [5, 5.41) is 15.6. The fourth-order valence-electron chi connectivity index (χ4n) is 13.5. The van der Waals surface area contributed by atoms with Gasteiger partial charge < -0.3 is 9.84 Å². The lowest BCUT2D eigenvalue weighted by Gasteiger charge is -2.68. The maximum atomic E-state index is 15.6. The van der Waals surface area contributed by atoms with Crippen LogP contribution in [0.4, 0.5) is 0 Å². The number of ether oxygens (including phenoxy) is 1. The van der Waals surface area contributed by atoms with Gasteiger partial charge >= 0.3 is 0 Å². The van der Waals surface area contributed by atoms with Crippen LogP contribution in [0, 0.1) is 23.7 Å². The third kappa shape index (κ3) is 8.32. The molecule has 1 atom stereocenters. The second-order valence-corrected chi connectivity index (χ2v) is 26.2. The molecule has 0 aliphatic heterocycles. The first-order chi connectivity index (χ1) is 34.2. The number of rotatable bonds is 14. The molecule has 1 N–H and O–H groups in total. The molecule has 12 rings (SSSR count). The lowest BCUT2D eigenvalue weighted by Crippen LogP contribution is -2.83. The molecule has 8 aromatic carbocycles. The molecule has 4 fully saturated rings. The second-order valence-electron chi connectivity index (χ2n) is 19.7. The van der Waals surface area contributed by atoms with Gasteiger partial charge in [0.05, 0.1) is 10.8 Å². The van der Waals surface area contributed by atoms with E-state index in [0.29, 0.717) is 5.75 Å². The van der Waals surface area contributed by atoms with Crippen molar-refractivity contribution < 1.29 is 9.84 Å². The topological polar surface area (TPSA) is 29.5 Å². The van der Waals surface area contributed by atoms with Crippen LogP contribution < -0.4 is 4.74 Å². The molecular weight excluding hydrogens is 1120 g/mol. The molecule has 4 saturated carbocycles. The van der Waals surface area contributed by atoms with E-state index in [2.05, 4.69) is 209 Å². The van der Waals surface area contributed by atoms with E-state index in [0.717, 1.165) is 38.9 Å². The normalized spacial score (nSPS) is 19.7.